The number of piperazine rings is 1. The SMILES string of the molecule is CC(CF)OC(=O)N1CCN(C2CCC(COc3ccc(S(C)(=O)=O)cc3F)CC2)CC1. The molecule has 3 rings (SSSR count). The van der Waals surface area contributed by atoms with Crippen LogP contribution >= 0.6 is 0 Å². The van der Waals surface area contributed by atoms with Gasteiger partial charge in [0.2, 0.25) is 0 Å². The summed E-state index contributed by atoms with van der Waals surface area (Å²) in [6.07, 6.45) is 3.81. The van der Waals surface area contributed by atoms with E-state index in [1.165, 1.54) is 19.1 Å². The second-order valence-electron chi connectivity index (χ2n) is 8.72. The molecule has 180 valence electrons. The van der Waals surface area contributed by atoms with Gasteiger partial charge in [-0.25, -0.2) is 22.0 Å². The van der Waals surface area contributed by atoms with E-state index < -0.39 is 34.5 Å². The first-order valence-electron chi connectivity index (χ1n) is 11.1. The summed E-state index contributed by atoms with van der Waals surface area (Å²) in [4.78, 5) is 16.0. The molecule has 2 fully saturated rings. The van der Waals surface area contributed by atoms with Gasteiger partial charge in [-0.3, -0.25) is 4.90 Å². The summed E-state index contributed by atoms with van der Waals surface area (Å²) in [5.41, 5.74) is 0. The van der Waals surface area contributed by atoms with Crippen LogP contribution in [0.15, 0.2) is 23.1 Å². The average Bonchev–Trinajstić information content (AvgIpc) is 2.78. The monoisotopic (exact) mass is 474 g/mol. The van der Waals surface area contributed by atoms with E-state index in [0.717, 1.165) is 51.1 Å². The average molecular weight is 475 g/mol. The van der Waals surface area contributed by atoms with Crippen LogP contribution in [-0.2, 0) is 14.6 Å². The molecular formula is C22H32F2N2O5S. The van der Waals surface area contributed by atoms with Gasteiger partial charge in [0.1, 0.15) is 12.8 Å². The third kappa shape index (κ3) is 6.54. The molecule has 1 heterocycles. The van der Waals surface area contributed by atoms with Crippen LogP contribution in [0, 0.1) is 11.7 Å². The summed E-state index contributed by atoms with van der Waals surface area (Å²) in [5, 5.41) is 0. The molecule has 0 radical (unpaired) electrons. The Morgan fingerprint density at radius 3 is 2.38 bits per heavy atom. The van der Waals surface area contributed by atoms with Gasteiger partial charge in [0.15, 0.2) is 21.4 Å². The zero-order valence-electron chi connectivity index (χ0n) is 18.6. The highest BCUT2D eigenvalue weighted by molar-refractivity contribution is 7.90. The van der Waals surface area contributed by atoms with Gasteiger partial charge in [-0.05, 0) is 56.7 Å². The smallest absolute Gasteiger partial charge is 0.410 e. The van der Waals surface area contributed by atoms with Crippen molar-refractivity contribution in [1.29, 1.82) is 0 Å². The van der Waals surface area contributed by atoms with Crippen molar-refractivity contribution >= 4 is 15.9 Å². The third-order valence-corrected chi connectivity index (χ3v) is 7.34. The highest BCUT2D eigenvalue weighted by atomic mass is 32.2. The maximum atomic E-state index is 14.2. The molecule has 1 aliphatic heterocycles. The number of nitrogens with zero attached hydrogens (tertiary/aromatic N) is 2. The number of amides is 1. The van der Waals surface area contributed by atoms with Crippen LogP contribution in [0.3, 0.4) is 0 Å². The Morgan fingerprint density at radius 1 is 1.16 bits per heavy atom. The van der Waals surface area contributed by atoms with Gasteiger partial charge in [-0.1, -0.05) is 0 Å². The molecule has 1 amide bonds. The highest BCUT2D eigenvalue weighted by Gasteiger charge is 2.30. The van der Waals surface area contributed by atoms with Gasteiger partial charge in [0, 0.05) is 38.5 Å². The number of carbonyl (C=O) groups excluding carboxylic acids is 1. The van der Waals surface area contributed by atoms with E-state index in [-0.39, 0.29) is 10.6 Å². The number of hydrogen-bond donors (Lipinski definition) is 0. The topological polar surface area (TPSA) is 76.2 Å². The van der Waals surface area contributed by atoms with Crippen LogP contribution in [-0.4, -0.2) is 82.2 Å². The first-order valence-corrected chi connectivity index (χ1v) is 12.9. The second-order valence-corrected chi connectivity index (χ2v) is 10.7. The van der Waals surface area contributed by atoms with Crippen molar-refractivity contribution < 1.29 is 31.5 Å². The van der Waals surface area contributed by atoms with E-state index in [0.29, 0.717) is 31.7 Å². The number of rotatable bonds is 7. The Kier molecular flexibility index (Phi) is 8.32. The van der Waals surface area contributed by atoms with Crippen molar-refractivity contribution in [2.45, 2.75) is 49.6 Å². The number of alkyl halides is 1. The van der Waals surface area contributed by atoms with Gasteiger partial charge in [0.05, 0.1) is 11.5 Å². The maximum absolute atomic E-state index is 14.2. The van der Waals surface area contributed by atoms with E-state index in [2.05, 4.69) is 4.90 Å². The minimum absolute atomic E-state index is 0.0619. The normalized spacial score (nSPS) is 23.6. The summed E-state index contributed by atoms with van der Waals surface area (Å²) in [6.45, 7) is 3.93. The van der Waals surface area contributed by atoms with Crippen molar-refractivity contribution in [3.8, 4) is 5.75 Å². The predicted octanol–water partition coefficient (Wildman–Crippen LogP) is 3.28. The quantitative estimate of drug-likeness (QED) is 0.604. The fourth-order valence-electron chi connectivity index (χ4n) is 4.26. The molecule has 10 heteroatoms. The van der Waals surface area contributed by atoms with Crippen LogP contribution in [0.5, 0.6) is 5.75 Å². The van der Waals surface area contributed by atoms with Gasteiger partial charge >= 0.3 is 6.09 Å². The van der Waals surface area contributed by atoms with Gasteiger partial charge in [0.25, 0.3) is 0 Å². The second kappa shape index (κ2) is 10.8. The van der Waals surface area contributed by atoms with Gasteiger partial charge in [-0.2, -0.15) is 0 Å². The first-order chi connectivity index (χ1) is 15.2. The molecule has 32 heavy (non-hydrogen) atoms. The largest absolute Gasteiger partial charge is 0.490 e. The molecule has 1 aromatic carbocycles. The zero-order chi connectivity index (χ0) is 23.3. The molecule has 0 aromatic heterocycles. The van der Waals surface area contributed by atoms with E-state index in [1.54, 1.807) is 4.90 Å². The van der Waals surface area contributed by atoms with Crippen molar-refractivity contribution in [2.75, 3.05) is 45.7 Å². The minimum Gasteiger partial charge on any atom is -0.490 e. The predicted molar refractivity (Wildman–Crippen MR) is 116 cm³/mol. The lowest BCUT2D eigenvalue weighted by Crippen LogP contribution is -2.53. The fraction of sp³-hybridized carbons (Fsp3) is 0.682. The molecular weight excluding hydrogens is 442 g/mol. The standard InChI is InChI=1S/C22H32F2N2O5S/c1-16(14-23)31-22(27)26-11-9-25(10-12-26)18-5-3-17(4-6-18)15-30-21-8-7-19(13-20(21)24)32(2,28)29/h7-8,13,16-18H,3-6,9-12,14-15H2,1-2H3. The summed E-state index contributed by atoms with van der Waals surface area (Å²) in [5.74, 6) is -0.276. The molecule has 7 nitrogen and oxygen atoms in total. The van der Waals surface area contributed by atoms with E-state index in [4.69, 9.17) is 9.47 Å². The zero-order valence-corrected chi connectivity index (χ0v) is 19.5. The van der Waals surface area contributed by atoms with Crippen LogP contribution in [0.1, 0.15) is 32.6 Å². The molecule has 1 atom stereocenters. The number of halogens is 2. The number of hydrogen-bond acceptors (Lipinski definition) is 6. The van der Waals surface area contributed by atoms with Crippen LogP contribution in [0.4, 0.5) is 13.6 Å². The van der Waals surface area contributed by atoms with Crippen molar-refractivity contribution in [3.05, 3.63) is 24.0 Å². The van der Waals surface area contributed by atoms with Gasteiger partial charge in [-0.15, -0.1) is 0 Å². The number of ether oxygens (including phenoxy) is 2. The molecule has 1 aliphatic carbocycles. The Bertz CT molecular complexity index is 882. The number of sulfone groups is 1. The van der Waals surface area contributed by atoms with Crippen molar-refractivity contribution in [3.63, 3.8) is 0 Å². The minimum atomic E-state index is -3.45. The van der Waals surface area contributed by atoms with E-state index in [1.807, 2.05) is 0 Å². The Morgan fingerprint density at radius 2 is 1.81 bits per heavy atom. The lowest BCUT2D eigenvalue weighted by atomic mass is 9.85. The first kappa shape index (κ1) is 24.7. The molecule has 1 aromatic rings. The van der Waals surface area contributed by atoms with E-state index in [9.17, 15) is 22.0 Å². The fourth-order valence-corrected chi connectivity index (χ4v) is 4.89. The molecule has 1 unspecified atom stereocenters. The third-order valence-electron chi connectivity index (χ3n) is 6.23. The van der Waals surface area contributed by atoms with Crippen LogP contribution in [0.2, 0.25) is 0 Å². The number of carbonyl (C=O) groups is 1. The molecule has 2 aliphatic rings. The van der Waals surface area contributed by atoms with Crippen molar-refractivity contribution in [2.24, 2.45) is 5.92 Å². The Balaban J connectivity index is 1.40. The Labute approximate surface area is 188 Å². The summed E-state index contributed by atoms with van der Waals surface area (Å²) in [6, 6.07) is 4.17. The van der Waals surface area contributed by atoms with Gasteiger partial charge < -0.3 is 14.4 Å². The van der Waals surface area contributed by atoms with Crippen LogP contribution in [0.25, 0.3) is 0 Å². The molecule has 1 saturated carbocycles. The lowest BCUT2D eigenvalue weighted by Gasteiger charge is -2.41. The molecule has 1 saturated heterocycles. The Hall–Kier alpha value is -1.94. The van der Waals surface area contributed by atoms with Crippen molar-refractivity contribution in [1.82, 2.24) is 9.80 Å². The highest BCUT2D eigenvalue weighted by Crippen LogP contribution is 2.30. The summed E-state index contributed by atoms with van der Waals surface area (Å²) >= 11 is 0. The van der Waals surface area contributed by atoms with Crippen LogP contribution < -0.4 is 4.74 Å². The maximum Gasteiger partial charge on any atom is 0.410 e. The molecule has 0 bridgehead atoms. The molecule has 0 spiro atoms. The molecule has 0 N–H and O–H groups in total. The summed E-state index contributed by atoms with van der Waals surface area (Å²) < 4.78 is 60.4. The summed E-state index contributed by atoms with van der Waals surface area (Å²) in [7, 11) is -3.45. The van der Waals surface area contributed by atoms with E-state index >= 15 is 0 Å². The lowest BCUT2D eigenvalue weighted by molar-refractivity contribution is 0.0292. The number of benzene rings is 1.